The summed E-state index contributed by atoms with van der Waals surface area (Å²) in [6.45, 7) is 4.08. The number of pyridine rings is 1. The van der Waals surface area contributed by atoms with Gasteiger partial charge in [0.25, 0.3) is 0 Å². The fraction of sp³-hybridized carbons (Fsp3) is 0.500. The van der Waals surface area contributed by atoms with Gasteiger partial charge < -0.3 is 0 Å². The van der Waals surface area contributed by atoms with E-state index in [1.54, 1.807) is 6.20 Å². The molecule has 1 aliphatic rings. The molecule has 1 aromatic rings. The van der Waals surface area contributed by atoms with E-state index in [0.717, 1.165) is 29.2 Å². The zero-order valence-corrected chi connectivity index (χ0v) is 13.0. The quantitative estimate of drug-likeness (QED) is 0.362. The molecule has 0 saturated carbocycles. The van der Waals surface area contributed by atoms with Gasteiger partial charge in [-0.3, -0.25) is 0 Å². The fourth-order valence-corrected chi connectivity index (χ4v) is 2.54. The van der Waals surface area contributed by atoms with Crippen molar-refractivity contribution >= 4 is 26.5 Å². The van der Waals surface area contributed by atoms with Crippen LogP contribution in [0.2, 0.25) is 0 Å². The molecular formula is C14H19N4Se. The van der Waals surface area contributed by atoms with E-state index in [0.29, 0.717) is 0 Å². The standard InChI is InChI=1S/C14H19N4Se/c1-12(13-8-4-5-9-15-13)16-17-14(19)18-10-6-2-3-7-11-18/h4-5,8-9H,2-3,6-7,10-11H2,1H3/b16-12?,17-14-. The first-order valence-electron chi connectivity index (χ1n) is 6.73. The van der Waals surface area contributed by atoms with Gasteiger partial charge in [0, 0.05) is 0 Å². The van der Waals surface area contributed by atoms with E-state index < -0.39 is 0 Å². The summed E-state index contributed by atoms with van der Waals surface area (Å²) in [4.78, 5) is 6.54. The average molecular weight is 322 g/mol. The van der Waals surface area contributed by atoms with E-state index in [9.17, 15) is 0 Å². The molecule has 19 heavy (non-hydrogen) atoms. The van der Waals surface area contributed by atoms with Crippen LogP contribution in [0.3, 0.4) is 0 Å². The van der Waals surface area contributed by atoms with Gasteiger partial charge in [-0.1, -0.05) is 0 Å². The Kier molecular flexibility index (Phi) is 5.55. The Bertz CT molecular complexity index is 448. The van der Waals surface area contributed by atoms with Crippen LogP contribution in [0.5, 0.6) is 0 Å². The van der Waals surface area contributed by atoms with Crippen LogP contribution in [0.1, 0.15) is 38.3 Å². The van der Waals surface area contributed by atoms with Crippen molar-refractivity contribution in [3.63, 3.8) is 0 Å². The van der Waals surface area contributed by atoms with Crippen molar-refractivity contribution in [2.24, 2.45) is 10.2 Å². The Balaban J connectivity index is 2.03. The molecule has 5 heteroatoms. The van der Waals surface area contributed by atoms with Crippen LogP contribution in [0, 0.1) is 0 Å². The Morgan fingerprint density at radius 3 is 2.53 bits per heavy atom. The molecule has 0 unspecified atom stereocenters. The second-order valence-corrected chi connectivity index (χ2v) is 5.45. The molecule has 1 radical (unpaired) electrons. The second kappa shape index (κ2) is 7.41. The number of amidine groups is 1. The van der Waals surface area contributed by atoms with Gasteiger partial charge in [0.05, 0.1) is 0 Å². The van der Waals surface area contributed by atoms with Gasteiger partial charge in [-0.15, -0.1) is 0 Å². The van der Waals surface area contributed by atoms with Crippen molar-refractivity contribution in [1.29, 1.82) is 0 Å². The van der Waals surface area contributed by atoms with Crippen LogP contribution in [0.25, 0.3) is 0 Å². The first kappa shape index (κ1) is 14.2. The van der Waals surface area contributed by atoms with Gasteiger partial charge >= 0.3 is 122 Å². The first-order chi connectivity index (χ1) is 9.27. The minimum absolute atomic E-state index is 0.836. The summed E-state index contributed by atoms with van der Waals surface area (Å²) in [5.74, 6) is 0. The van der Waals surface area contributed by atoms with Gasteiger partial charge in [-0.05, 0) is 0 Å². The number of hydrogen-bond donors (Lipinski definition) is 0. The molecule has 0 spiro atoms. The molecule has 2 rings (SSSR count). The molecule has 0 atom stereocenters. The molecular weight excluding hydrogens is 303 g/mol. The van der Waals surface area contributed by atoms with E-state index in [1.807, 2.05) is 25.1 Å². The van der Waals surface area contributed by atoms with E-state index in [1.165, 1.54) is 25.7 Å². The molecule has 0 aromatic carbocycles. The predicted octanol–water partition coefficient (Wildman–Crippen LogP) is 2.21. The molecule has 4 nitrogen and oxygen atoms in total. The van der Waals surface area contributed by atoms with E-state index in [2.05, 4.69) is 36.1 Å². The summed E-state index contributed by atoms with van der Waals surface area (Å²) in [6, 6.07) is 5.80. The molecule has 0 bridgehead atoms. The molecule has 1 aliphatic heterocycles. The summed E-state index contributed by atoms with van der Waals surface area (Å²) in [6.07, 6.45) is 6.89. The van der Waals surface area contributed by atoms with E-state index in [-0.39, 0.29) is 0 Å². The monoisotopic (exact) mass is 323 g/mol. The second-order valence-electron chi connectivity index (χ2n) is 4.68. The Hall–Kier alpha value is -1.19. The van der Waals surface area contributed by atoms with Crippen molar-refractivity contribution < 1.29 is 0 Å². The molecule has 2 heterocycles. The van der Waals surface area contributed by atoms with Crippen molar-refractivity contribution in [1.82, 2.24) is 9.88 Å². The van der Waals surface area contributed by atoms with E-state index in [4.69, 9.17) is 0 Å². The van der Waals surface area contributed by atoms with Crippen molar-refractivity contribution in [3.05, 3.63) is 30.1 Å². The van der Waals surface area contributed by atoms with Crippen LogP contribution >= 0.6 is 0 Å². The molecule has 0 aliphatic carbocycles. The maximum absolute atomic E-state index is 4.30. The fourth-order valence-electron chi connectivity index (χ4n) is 2.07. The Morgan fingerprint density at radius 1 is 1.16 bits per heavy atom. The molecule has 0 N–H and O–H groups in total. The average Bonchev–Trinajstić information content (AvgIpc) is 2.74. The van der Waals surface area contributed by atoms with Crippen LogP contribution in [-0.2, 0) is 0 Å². The van der Waals surface area contributed by atoms with E-state index >= 15 is 0 Å². The molecule has 101 valence electrons. The van der Waals surface area contributed by atoms with Gasteiger partial charge in [-0.25, -0.2) is 0 Å². The van der Waals surface area contributed by atoms with Crippen molar-refractivity contribution in [3.8, 4) is 0 Å². The van der Waals surface area contributed by atoms with Gasteiger partial charge in [0.1, 0.15) is 0 Å². The third-order valence-corrected chi connectivity index (χ3v) is 3.91. The van der Waals surface area contributed by atoms with Crippen molar-refractivity contribution in [2.75, 3.05) is 13.1 Å². The molecule has 1 saturated heterocycles. The molecule has 1 fully saturated rings. The van der Waals surface area contributed by atoms with Crippen LogP contribution in [-0.4, -0.2) is 49.4 Å². The molecule has 0 amide bonds. The number of likely N-dealkylation sites (tertiary alicyclic amines) is 1. The number of nitrogens with zero attached hydrogens (tertiary/aromatic N) is 4. The summed E-state index contributed by atoms with van der Waals surface area (Å²) in [5, 5.41) is 8.57. The summed E-state index contributed by atoms with van der Waals surface area (Å²) < 4.78 is 0.886. The minimum atomic E-state index is 0.836. The van der Waals surface area contributed by atoms with Gasteiger partial charge in [0.15, 0.2) is 0 Å². The van der Waals surface area contributed by atoms with Crippen LogP contribution in [0.4, 0.5) is 0 Å². The topological polar surface area (TPSA) is 40.9 Å². The number of aromatic nitrogens is 1. The number of hydrogen-bond acceptors (Lipinski definition) is 3. The number of rotatable bonds is 2. The third kappa shape index (κ3) is 4.44. The maximum atomic E-state index is 4.30. The third-order valence-electron chi connectivity index (χ3n) is 3.20. The van der Waals surface area contributed by atoms with Gasteiger partial charge in [-0.2, -0.15) is 0 Å². The summed E-state index contributed by atoms with van der Waals surface area (Å²) in [7, 11) is 0. The summed E-state index contributed by atoms with van der Waals surface area (Å²) >= 11 is 3.03. The SMILES string of the molecule is CC(=N/N=C(\[Se])N1CCCCCC1)c1ccccn1. The zero-order chi connectivity index (χ0) is 13.5. The predicted molar refractivity (Wildman–Crippen MR) is 79.7 cm³/mol. The summed E-state index contributed by atoms with van der Waals surface area (Å²) in [5.41, 5.74) is 1.71. The molecule has 1 aromatic heterocycles. The van der Waals surface area contributed by atoms with Gasteiger partial charge in [0.2, 0.25) is 0 Å². The van der Waals surface area contributed by atoms with Crippen LogP contribution in [0.15, 0.2) is 34.6 Å². The van der Waals surface area contributed by atoms with Crippen molar-refractivity contribution in [2.45, 2.75) is 32.6 Å². The Labute approximate surface area is 122 Å². The Morgan fingerprint density at radius 2 is 1.89 bits per heavy atom. The van der Waals surface area contributed by atoms with Crippen LogP contribution < -0.4 is 0 Å². The first-order valence-corrected chi connectivity index (χ1v) is 7.58. The normalized spacial score (nSPS) is 18.3. The zero-order valence-electron chi connectivity index (χ0n) is 11.2.